The Bertz CT molecular complexity index is 957. The van der Waals surface area contributed by atoms with Crippen molar-refractivity contribution in [1.29, 1.82) is 0 Å². The summed E-state index contributed by atoms with van der Waals surface area (Å²) in [5.41, 5.74) is 2.50. The van der Waals surface area contributed by atoms with E-state index < -0.39 is 12.1 Å². The molecule has 1 amide bonds. The Morgan fingerprint density at radius 1 is 1.04 bits per heavy atom. The lowest BCUT2D eigenvalue weighted by atomic mass is 10.2. The molecule has 0 aliphatic heterocycles. The van der Waals surface area contributed by atoms with Crippen molar-refractivity contribution in [1.82, 2.24) is 15.3 Å². The van der Waals surface area contributed by atoms with E-state index in [1.807, 2.05) is 24.3 Å². The molecule has 1 heterocycles. The van der Waals surface area contributed by atoms with E-state index >= 15 is 0 Å². The van der Waals surface area contributed by atoms with Crippen LogP contribution in [0, 0.1) is 0 Å². The number of hydrogen-bond acceptors (Lipinski definition) is 6. The molecular formula is C20H19N3O4. The molecule has 7 heteroatoms. The first-order chi connectivity index (χ1) is 13.1. The summed E-state index contributed by atoms with van der Waals surface area (Å²) in [6, 6.07) is 12.2. The highest BCUT2D eigenvalue weighted by Gasteiger charge is 2.19. The Labute approximate surface area is 156 Å². The van der Waals surface area contributed by atoms with Crippen LogP contribution < -0.4 is 10.1 Å². The summed E-state index contributed by atoms with van der Waals surface area (Å²) in [6.07, 6.45) is 2.20. The number of nitrogens with zero attached hydrogens (tertiary/aromatic N) is 2. The number of fused-ring (bicyclic) bond motifs is 1. The van der Waals surface area contributed by atoms with Gasteiger partial charge in [0, 0.05) is 18.9 Å². The van der Waals surface area contributed by atoms with E-state index in [-0.39, 0.29) is 5.91 Å². The highest BCUT2D eigenvalue weighted by molar-refractivity contribution is 5.95. The summed E-state index contributed by atoms with van der Waals surface area (Å²) in [5, 5.41) is 2.74. The smallest absolute Gasteiger partial charge is 0.338 e. The minimum atomic E-state index is -0.923. The molecule has 0 fully saturated rings. The van der Waals surface area contributed by atoms with Crippen LogP contribution in [0.4, 0.5) is 0 Å². The van der Waals surface area contributed by atoms with Crippen LogP contribution in [-0.2, 0) is 16.1 Å². The molecule has 0 unspecified atom stereocenters. The second-order valence-corrected chi connectivity index (χ2v) is 5.87. The molecule has 1 aromatic heterocycles. The fourth-order valence-electron chi connectivity index (χ4n) is 2.45. The molecule has 0 spiro atoms. The van der Waals surface area contributed by atoms with Gasteiger partial charge >= 0.3 is 5.97 Å². The molecule has 1 N–H and O–H groups in total. The van der Waals surface area contributed by atoms with Gasteiger partial charge in [0.2, 0.25) is 0 Å². The first-order valence-electron chi connectivity index (χ1n) is 8.39. The van der Waals surface area contributed by atoms with Gasteiger partial charge in [-0.15, -0.1) is 0 Å². The van der Waals surface area contributed by atoms with Gasteiger partial charge in [-0.1, -0.05) is 12.1 Å². The predicted octanol–water partition coefficient (Wildman–Crippen LogP) is 2.50. The molecule has 0 radical (unpaired) electrons. The average molecular weight is 365 g/mol. The van der Waals surface area contributed by atoms with Crippen LogP contribution in [0.5, 0.6) is 5.75 Å². The Morgan fingerprint density at radius 2 is 1.74 bits per heavy atom. The van der Waals surface area contributed by atoms with E-state index in [1.54, 1.807) is 37.7 Å². The minimum absolute atomic E-state index is 0.317. The molecule has 2 aromatic carbocycles. The van der Waals surface area contributed by atoms with Crippen LogP contribution in [0.25, 0.3) is 11.0 Å². The van der Waals surface area contributed by atoms with E-state index in [4.69, 9.17) is 9.47 Å². The zero-order valence-electron chi connectivity index (χ0n) is 15.0. The van der Waals surface area contributed by atoms with Crippen LogP contribution in [0.1, 0.15) is 22.8 Å². The fraction of sp³-hybridized carbons (Fsp3) is 0.200. The Kier molecular flexibility index (Phi) is 5.61. The van der Waals surface area contributed by atoms with Gasteiger partial charge in [-0.05, 0) is 42.8 Å². The zero-order chi connectivity index (χ0) is 19.2. The fourth-order valence-corrected chi connectivity index (χ4v) is 2.45. The van der Waals surface area contributed by atoms with Gasteiger partial charge in [-0.2, -0.15) is 0 Å². The van der Waals surface area contributed by atoms with Crippen LogP contribution in [-0.4, -0.2) is 35.1 Å². The van der Waals surface area contributed by atoms with Crippen LogP contribution in [0.15, 0.2) is 54.9 Å². The van der Waals surface area contributed by atoms with Gasteiger partial charge in [0.1, 0.15) is 5.75 Å². The van der Waals surface area contributed by atoms with E-state index in [9.17, 15) is 9.59 Å². The van der Waals surface area contributed by atoms with Gasteiger partial charge in [0.15, 0.2) is 6.10 Å². The Hall–Kier alpha value is -3.48. The summed E-state index contributed by atoms with van der Waals surface area (Å²) >= 11 is 0. The first-order valence-corrected chi connectivity index (χ1v) is 8.39. The van der Waals surface area contributed by atoms with Crippen molar-refractivity contribution in [2.45, 2.75) is 19.6 Å². The molecule has 7 nitrogen and oxygen atoms in total. The largest absolute Gasteiger partial charge is 0.497 e. The summed E-state index contributed by atoms with van der Waals surface area (Å²) in [4.78, 5) is 32.8. The molecule has 3 rings (SSSR count). The number of hydrogen-bond donors (Lipinski definition) is 1. The lowest BCUT2D eigenvalue weighted by Crippen LogP contribution is -2.35. The van der Waals surface area contributed by atoms with Gasteiger partial charge < -0.3 is 14.8 Å². The van der Waals surface area contributed by atoms with Gasteiger partial charge in [-0.25, -0.2) is 4.79 Å². The third-order valence-electron chi connectivity index (χ3n) is 3.98. The number of carbonyl (C=O) groups excluding carboxylic acids is 2. The number of rotatable bonds is 6. The maximum absolute atomic E-state index is 12.3. The molecule has 0 aliphatic rings. The molecule has 27 heavy (non-hydrogen) atoms. The number of nitrogens with one attached hydrogen (secondary N) is 1. The van der Waals surface area contributed by atoms with Crippen molar-refractivity contribution < 1.29 is 19.1 Å². The highest BCUT2D eigenvalue weighted by atomic mass is 16.5. The summed E-state index contributed by atoms with van der Waals surface area (Å²) in [5.74, 6) is -0.221. The maximum Gasteiger partial charge on any atom is 0.338 e. The summed E-state index contributed by atoms with van der Waals surface area (Å²) in [7, 11) is 1.59. The number of benzene rings is 2. The van der Waals surface area contributed by atoms with Crippen molar-refractivity contribution in [3.8, 4) is 5.75 Å². The summed E-state index contributed by atoms with van der Waals surface area (Å²) < 4.78 is 10.3. The monoisotopic (exact) mass is 365 g/mol. The lowest BCUT2D eigenvalue weighted by molar-refractivity contribution is -0.129. The van der Waals surface area contributed by atoms with E-state index in [0.717, 1.165) is 11.3 Å². The van der Waals surface area contributed by atoms with E-state index in [1.165, 1.54) is 6.92 Å². The molecule has 3 aromatic rings. The molecule has 0 aliphatic carbocycles. The average Bonchev–Trinajstić information content (AvgIpc) is 2.71. The van der Waals surface area contributed by atoms with Crippen molar-refractivity contribution in [2.75, 3.05) is 7.11 Å². The van der Waals surface area contributed by atoms with Crippen molar-refractivity contribution >= 4 is 22.9 Å². The number of aromatic nitrogens is 2. The molecule has 0 saturated carbocycles. The lowest BCUT2D eigenvalue weighted by Gasteiger charge is -2.14. The number of carbonyl (C=O) groups is 2. The second-order valence-electron chi connectivity index (χ2n) is 5.87. The molecule has 0 saturated heterocycles. The topological polar surface area (TPSA) is 90.4 Å². The number of amides is 1. The molecular weight excluding hydrogens is 346 g/mol. The van der Waals surface area contributed by atoms with E-state index in [2.05, 4.69) is 15.3 Å². The third-order valence-corrected chi connectivity index (χ3v) is 3.98. The predicted molar refractivity (Wildman–Crippen MR) is 99.3 cm³/mol. The molecule has 1 atom stereocenters. The van der Waals surface area contributed by atoms with Gasteiger partial charge in [0.05, 0.1) is 23.7 Å². The summed E-state index contributed by atoms with van der Waals surface area (Å²) in [6.45, 7) is 1.86. The zero-order valence-corrected chi connectivity index (χ0v) is 15.0. The second kappa shape index (κ2) is 8.27. The van der Waals surface area contributed by atoms with Crippen LogP contribution in [0.3, 0.4) is 0 Å². The van der Waals surface area contributed by atoms with Crippen LogP contribution in [0.2, 0.25) is 0 Å². The standard InChI is InChI=1S/C20H19N3O4/c1-13(19(24)23-12-14-3-6-16(26-2)7-4-14)27-20(25)15-5-8-17-18(11-15)22-10-9-21-17/h3-11,13H,12H2,1-2H3,(H,23,24)/t13-/m0/s1. The number of esters is 1. The Morgan fingerprint density at radius 3 is 2.44 bits per heavy atom. The third kappa shape index (κ3) is 4.58. The quantitative estimate of drug-likeness (QED) is 0.675. The van der Waals surface area contributed by atoms with Crippen LogP contribution >= 0.6 is 0 Å². The highest BCUT2D eigenvalue weighted by Crippen LogP contribution is 2.13. The van der Waals surface area contributed by atoms with Crippen molar-refractivity contribution in [2.24, 2.45) is 0 Å². The number of ether oxygens (including phenoxy) is 2. The van der Waals surface area contributed by atoms with E-state index in [0.29, 0.717) is 23.1 Å². The number of methoxy groups -OCH3 is 1. The van der Waals surface area contributed by atoms with Gasteiger partial charge in [0.25, 0.3) is 5.91 Å². The van der Waals surface area contributed by atoms with Crippen molar-refractivity contribution in [3.63, 3.8) is 0 Å². The van der Waals surface area contributed by atoms with Gasteiger partial charge in [-0.3, -0.25) is 14.8 Å². The van der Waals surface area contributed by atoms with Crippen molar-refractivity contribution in [3.05, 3.63) is 66.0 Å². The molecule has 0 bridgehead atoms. The normalized spacial score (nSPS) is 11.6. The molecule has 138 valence electrons. The minimum Gasteiger partial charge on any atom is -0.497 e. The first kappa shape index (κ1) is 18.3. The maximum atomic E-state index is 12.3. The SMILES string of the molecule is COc1ccc(CNC(=O)[C@H](C)OC(=O)c2ccc3nccnc3c2)cc1. The Balaban J connectivity index is 1.56.